The standard InChI is InChI=1S/C23H20ClF3N6O3/c1-2-29-18-8-14(24)4-3-13(18)7-16-19(12-35)30-21-17(9-28)20(23(25,26)27)31-33(21)22(16)32-10-15(11-32)36-6-5-34/h2-4,7-8,15,34-35H,1,5-6,10-12H2/b13-7+,29-18?. The lowest BCUT2D eigenvalue weighted by atomic mass is 10.00. The average Bonchev–Trinajstić information content (AvgIpc) is 3.19. The molecule has 1 saturated heterocycles. The summed E-state index contributed by atoms with van der Waals surface area (Å²) in [6.07, 6.45) is 2.62. The van der Waals surface area contributed by atoms with Crippen molar-refractivity contribution in [3.63, 3.8) is 0 Å². The zero-order valence-electron chi connectivity index (χ0n) is 18.7. The number of alkyl halides is 3. The molecule has 188 valence electrons. The van der Waals surface area contributed by atoms with E-state index in [2.05, 4.69) is 21.7 Å². The fraction of sp³-hybridized carbons (Fsp3) is 0.304. The lowest BCUT2D eigenvalue weighted by Gasteiger charge is -2.41. The molecule has 0 radical (unpaired) electrons. The highest BCUT2D eigenvalue weighted by atomic mass is 35.5. The Morgan fingerprint density at radius 1 is 1.33 bits per heavy atom. The van der Waals surface area contributed by atoms with Gasteiger partial charge in [0.05, 0.1) is 37.3 Å². The molecule has 1 aliphatic carbocycles. The summed E-state index contributed by atoms with van der Waals surface area (Å²) in [6.45, 7) is 3.46. The molecular formula is C23H20ClF3N6O3. The number of aromatic nitrogens is 3. The Morgan fingerprint density at radius 3 is 2.69 bits per heavy atom. The van der Waals surface area contributed by atoms with Crippen LogP contribution in [0.15, 0.2) is 46.6 Å². The third kappa shape index (κ3) is 4.78. The molecule has 2 aromatic heterocycles. The largest absolute Gasteiger partial charge is 0.436 e. The third-order valence-corrected chi connectivity index (χ3v) is 5.73. The van der Waals surface area contributed by atoms with E-state index in [0.717, 1.165) is 4.52 Å². The minimum atomic E-state index is -4.90. The molecule has 2 N–H and O–H groups in total. The molecule has 1 aliphatic heterocycles. The molecule has 0 amide bonds. The Morgan fingerprint density at radius 2 is 2.08 bits per heavy atom. The Kier molecular flexibility index (Phi) is 7.28. The number of hydrogen-bond donors (Lipinski definition) is 2. The van der Waals surface area contributed by atoms with E-state index in [4.69, 9.17) is 21.4 Å². The number of aliphatic hydroxyl groups is 2. The van der Waals surface area contributed by atoms with Gasteiger partial charge in [-0.1, -0.05) is 24.3 Å². The lowest BCUT2D eigenvalue weighted by Crippen LogP contribution is -2.53. The minimum absolute atomic E-state index is 0.0434. The van der Waals surface area contributed by atoms with E-state index in [-0.39, 0.29) is 55.1 Å². The highest BCUT2D eigenvalue weighted by molar-refractivity contribution is 6.35. The third-order valence-electron chi connectivity index (χ3n) is 5.50. The van der Waals surface area contributed by atoms with Crippen molar-refractivity contribution in [1.82, 2.24) is 14.6 Å². The number of allylic oxidation sites excluding steroid dienone is 5. The van der Waals surface area contributed by atoms with E-state index < -0.39 is 24.0 Å². The number of halogens is 4. The fourth-order valence-electron chi connectivity index (χ4n) is 3.91. The maximum Gasteiger partial charge on any atom is 0.436 e. The van der Waals surface area contributed by atoms with Crippen molar-refractivity contribution in [2.45, 2.75) is 18.9 Å². The van der Waals surface area contributed by atoms with Gasteiger partial charge in [-0.25, -0.2) is 4.98 Å². The first kappa shape index (κ1) is 25.6. The summed E-state index contributed by atoms with van der Waals surface area (Å²) < 4.78 is 47.6. The van der Waals surface area contributed by atoms with Crippen molar-refractivity contribution in [2.75, 3.05) is 31.2 Å². The molecule has 2 aromatic rings. The number of fused-ring (bicyclic) bond motifs is 1. The van der Waals surface area contributed by atoms with Crippen molar-refractivity contribution >= 4 is 34.9 Å². The van der Waals surface area contributed by atoms with Crippen LogP contribution in [0, 0.1) is 11.3 Å². The van der Waals surface area contributed by atoms with E-state index in [1.54, 1.807) is 35.3 Å². The van der Waals surface area contributed by atoms with Crippen LogP contribution in [0.25, 0.3) is 11.7 Å². The van der Waals surface area contributed by atoms with E-state index in [1.807, 2.05) is 0 Å². The quantitative estimate of drug-likeness (QED) is 0.576. The average molecular weight is 521 g/mol. The van der Waals surface area contributed by atoms with Gasteiger partial charge in [-0.3, -0.25) is 4.99 Å². The van der Waals surface area contributed by atoms with Gasteiger partial charge in [0, 0.05) is 35.5 Å². The smallest absolute Gasteiger partial charge is 0.394 e. The van der Waals surface area contributed by atoms with Gasteiger partial charge in [0.1, 0.15) is 17.5 Å². The molecule has 13 heteroatoms. The van der Waals surface area contributed by atoms with Gasteiger partial charge in [-0.2, -0.15) is 28.0 Å². The van der Waals surface area contributed by atoms with Gasteiger partial charge in [0.2, 0.25) is 0 Å². The lowest BCUT2D eigenvalue weighted by molar-refractivity contribution is -0.141. The minimum Gasteiger partial charge on any atom is -0.394 e. The molecule has 0 saturated carbocycles. The monoisotopic (exact) mass is 520 g/mol. The van der Waals surface area contributed by atoms with Crippen molar-refractivity contribution < 1.29 is 28.1 Å². The molecule has 36 heavy (non-hydrogen) atoms. The van der Waals surface area contributed by atoms with Gasteiger partial charge in [-0.15, -0.1) is 0 Å². The summed E-state index contributed by atoms with van der Waals surface area (Å²) in [6, 6.07) is 1.55. The molecule has 0 bridgehead atoms. The molecule has 3 heterocycles. The maximum atomic E-state index is 13.7. The number of anilines is 1. The first-order valence-corrected chi connectivity index (χ1v) is 11.1. The van der Waals surface area contributed by atoms with Gasteiger partial charge < -0.3 is 19.8 Å². The van der Waals surface area contributed by atoms with Crippen LogP contribution in [0.1, 0.15) is 22.5 Å². The zero-order valence-corrected chi connectivity index (χ0v) is 19.5. The number of nitrogens with zero attached hydrogens (tertiary/aromatic N) is 6. The number of nitriles is 1. The molecule has 4 rings (SSSR count). The first-order valence-electron chi connectivity index (χ1n) is 10.7. The normalized spacial score (nSPS) is 18.6. The summed E-state index contributed by atoms with van der Waals surface area (Å²) in [5.41, 5.74) is -1.14. The number of aliphatic hydroxyl groups excluding tert-OH is 2. The Labute approximate surface area is 208 Å². The highest BCUT2D eigenvalue weighted by Crippen LogP contribution is 2.37. The van der Waals surface area contributed by atoms with E-state index in [9.17, 15) is 23.5 Å². The summed E-state index contributed by atoms with van der Waals surface area (Å²) >= 11 is 6.09. The number of hydrogen-bond acceptors (Lipinski definition) is 8. The van der Waals surface area contributed by atoms with Gasteiger partial charge in [0.15, 0.2) is 11.3 Å². The molecule has 1 fully saturated rings. The number of ether oxygens (including phenoxy) is 1. The van der Waals surface area contributed by atoms with E-state index in [0.29, 0.717) is 16.3 Å². The molecule has 0 aromatic carbocycles. The maximum absolute atomic E-state index is 13.7. The molecular weight excluding hydrogens is 501 g/mol. The number of rotatable bonds is 7. The number of aliphatic imine (C=N–C) groups is 1. The SMILES string of the molecule is C=CN=C1C=C(Cl)C=C/C1=C\c1c(CO)nc2c(C#N)c(C(F)(F)F)nn2c1N1CC(OCCO)C1. The molecule has 0 spiro atoms. The topological polar surface area (TPSA) is 119 Å². The second-order valence-electron chi connectivity index (χ2n) is 7.80. The highest BCUT2D eigenvalue weighted by Gasteiger charge is 2.41. The predicted molar refractivity (Wildman–Crippen MR) is 126 cm³/mol. The van der Waals surface area contributed by atoms with Gasteiger partial charge in [0.25, 0.3) is 0 Å². The summed E-state index contributed by atoms with van der Waals surface area (Å²) in [5.74, 6) is 0.194. The Bertz CT molecular complexity index is 1360. The van der Waals surface area contributed by atoms with Crippen LogP contribution < -0.4 is 4.90 Å². The predicted octanol–water partition coefficient (Wildman–Crippen LogP) is 2.97. The van der Waals surface area contributed by atoms with E-state index >= 15 is 0 Å². The molecule has 0 atom stereocenters. The van der Waals surface area contributed by atoms with Crippen LogP contribution in [0.5, 0.6) is 0 Å². The van der Waals surface area contributed by atoms with E-state index in [1.165, 1.54) is 6.20 Å². The van der Waals surface area contributed by atoms with Crippen molar-refractivity contribution in [3.05, 3.63) is 64.1 Å². The fourth-order valence-corrected chi connectivity index (χ4v) is 4.07. The molecule has 0 unspecified atom stereocenters. The van der Waals surface area contributed by atoms with Crippen LogP contribution in [0.4, 0.5) is 19.0 Å². The Balaban J connectivity index is 1.97. The van der Waals surface area contributed by atoms with Crippen molar-refractivity contribution in [3.8, 4) is 6.07 Å². The van der Waals surface area contributed by atoms with Crippen LogP contribution in [0.2, 0.25) is 0 Å². The van der Waals surface area contributed by atoms with Crippen molar-refractivity contribution in [1.29, 1.82) is 5.26 Å². The molecule has 9 nitrogen and oxygen atoms in total. The van der Waals surface area contributed by atoms with Gasteiger partial charge in [-0.05, 0) is 18.2 Å². The molecule has 2 aliphatic rings. The first-order chi connectivity index (χ1) is 17.2. The zero-order chi connectivity index (χ0) is 26.0. The van der Waals surface area contributed by atoms with Crippen LogP contribution in [0.3, 0.4) is 0 Å². The van der Waals surface area contributed by atoms with Gasteiger partial charge >= 0.3 is 6.18 Å². The second-order valence-corrected chi connectivity index (χ2v) is 8.24. The second kappa shape index (κ2) is 10.2. The van der Waals surface area contributed by atoms with Crippen LogP contribution in [-0.4, -0.2) is 62.9 Å². The Hall–Kier alpha value is -3.50. The summed E-state index contributed by atoms with van der Waals surface area (Å²) in [5, 5.41) is 32.7. The summed E-state index contributed by atoms with van der Waals surface area (Å²) in [4.78, 5) is 10.1. The summed E-state index contributed by atoms with van der Waals surface area (Å²) in [7, 11) is 0. The van der Waals surface area contributed by atoms with Crippen LogP contribution in [-0.2, 0) is 17.5 Å². The van der Waals surface area contributed by atoms with Crippen molar-refractivity contribution in [2.24, 2.45) is 4.99 Å². The van der Waals surface area contributed by atoms with Crippen LogP contribution >= 0.6 is 11.6 Å².